The first-order valence-electron chi connectivity index (χ1n) is 8.55. The Labute approximate surface area is 155 Å². The number of ketones is 1. The fourth-order valence-electron chi connectivity index (χ4n) is 3.85. The molecule has 0 aromatic heterocycles. The third-order valence-corrected chi connectivity index (χ3v) is 5.49. The van der Waals surface area contributed by atoms with E-state index in [4.69, 9.17) is 0 Å². The fourth-order valence-corrected chi connectivity index (χ4v) is 4.12. The number of anilines is 1. The molecule has 2 aliphatic rings. The number of Topliss-reactive ketones (excluding diaryl/α,β-unsaturated/α-hetero) is 1. The number of amides is 1. The average Bonchev–Trinajstić information content (AvgIpc) is 2.63. The minimum atomic E-state index is -0.122. The quantitative estimate of drug-likeness (QED) is 0.718. The first-order chi connectivity index (χ1) is 12.1. The molecule has 1 aliphatic heterocycles. The standard InChI is InChI=1S/C21H18BrNO2/c22-15-9-11-16(12-10-15)23-18-7-4-8-19(24)21(18)17(13-20(23)25)14-5-2-1-3-6-14/h1-3,5-6,9-12,17H,4,7-8,13H2. The summed E-state index contributed by atoms with van der Waals surface area (Å²) < 4.78 is 0.969. The average molecular weight is 396 g/mol. The van der Waals surface area contributed by atoms with E-state index in [0.29, 0.717) is 12.8 Å². The van der Waals surface area contributed by atoms with Crippen LogP contribution in [0.3, 0.4) is 0 Å². The summed E-state index contributed by atoms with van der Waals surface area (Å²) in [5.74, 6) is 0.123. The van der Waals surface area contributed by atoms with Gasteiger partial charge in [-0.2, -0.15) is 0 Å². The molecule has 1 aliphatic carbocycles. The van der Waals surface area contributed by atoms with E-state index in [0.717, 1.165) is 39.8 Å². The molecule has 0 N–H and O–H groups in total. The number of halogens is 1. The Bertz CT molecular complexity index is 855. The molecule has 4 rings (SSSR count). The van der Waals surface area contributed by atoms with Crippen LogP contribution in [0.2, 0.25) is 0 Å². The van der Waals surface area contributed by atoms with Gasteiger partial charge < -0.3 is 0 Å². The van der Waals surface area contributed by atoms with Crippen molar-refractivity contribution < 1.29 is 9.59 Å². The highest BCUT2D eigenvalue weighted by Gasteiger charge is 2.39. The molecular formula is C21H18BrNO2. The van der Waals surface area contributed by atoms with Crippen molar-refractivity contribution >= 4 is 33.3 Å². The molecule has 2 aromatic rings. The molecule has 0 fully saturated rings. The van der Waals surface area contributed by atoms with E-state index in [1.807, 2.05) is 54.6 Å². The summed E-state index contributed by atoms with van der Waals surface area (Å²) in [6.45, 7) is 0. The van der Waals surface area contributed by atoms with Crippen molar-refractivity contribution in [2.24, 2.45) is 0 Å². The summed E-state index contributed by atoms with van der Waals surface area (Å²) in [4.78, 5) is 27.5. The van der Waals surface area contributed by atoms with Gasteiger partial charge in [0.2, 0.25) is 5.91 Å². The predicted molar refractivity (Wildman–Crippen MR) is 101 cm³/mol. The van der Waals surface area contributed by atoms with E-state index in [-0.39, 0.29) is 17.6 Å². The van der Waals surface area contributed by atoms with Gasteiger partial charge in [0.1, 0.15) is 0 Å². The van der Waals surface area contributed by atoms with Gasteiger partial charge >= 0.3 is 0 Å². The SMILES string of the molecule is O=C1CCCC2=C1C(c1ccccc1)CC(=O)N2c1ccc(Br)cc1. The lowest BCUT2D eigenvalue weighted by Gasteiger charge is -2.38. The minimum absolute atomic E-state index is 0.0598. The molecule has 3 nitrogen and oxygen atoms in total. The Morgan fingerprint density at radius 1 is 0.920 bits per heavy atom. The van der Waals surface area contributed by atoms with Gasteiger partial charge in [-0.15, -0.1) is 0 Å². The first kappa shape index (κ1) is 16.3. The Hall–Kier alpha value is -2.20. The second-order valence-corrected chi connectivity index (χ2v) is 7.43. The molecule has 2 aromatic carbocycles. The van der Waals surface area contributed by atoms with E-state index >= 15 is 0 Å². The largest absolute Gasteiger partial charge is 0.294 e. The van der Waals surface area contributed by atoms with Crippen LogP contribution < -0.4 is 4.90 Å². The van der Waals surface area contributed by atoms with Crippen molar-refractivity contribution in [3.63, 3.8) is 0 Å². The predicted octanol–water partition coefficient (Wildman–Crippen LogP) is 4.98. The molecule has 1 atom stereocenters. The van der Waals surface area contributed by atoms with Gasteiger partial charge in [-0.05, 0) is 42.7 Å². The van der Waals surface area contributed by atoms with Crippen molar-refractivity contribution in [2.75, 3.05) is 4.90 Å². The van der Waals surface area contributed by atoms with Crippen LogP contribution in [0.1, 0.15) is 37.2 Å². The molecule has 4 heteroatoms. The third-order valence-electron chi connectivity index (χ3n) is 4.96. The summed E-state index contributed by atoms with van der Waals surface area (Å²) in [7, 11) is 0. The maximum Gasteiger partial charge on any atom is 0.232 e. The summed E-state index contributed by atoms with van der Waals surface area (Å²) in [5, 5.41) is 0. The summed E-state index contributed by atoms with van der Waals surface area (Å²) >= 11 is 3.43. The second-order valence-electron chi connectivity index (χ2n) is 6.51. The van der Waals surface area contributed by atoms with Gasteiger partial charge in [0.25, 0.3) is 0 Å². The van der Waals surface area contributed by atoms with E-state index < -0.39 is 0 Å². The zero-order chi connectivity index (χ0) is 17.4. The molecule has 1 unspecified atom stereocenters. The van der Waals surface area contributed by atoms with Gasteiger partial charge in [0.15, 0.2) is 5.78 Å². The Morgan fingerprint density at radius 3 is 2.36 bits per heavy atom. The van der Waals surface area contributed by atoms with Crippen molar-refractivity contribution in [3.8, 4) is 0 Å². The molecule has 25 heavy (non-hydrogen) atoms. The molecule has 1 amide bonds. The molecule has 126 valence electrons. The Kier molecular flexibility index (Phi) is 4.30. The smallest absolute Gasteiger partial charge is 0.232 e. The lowest BCUT2D eigenvalue weighted by Crippen LogP contribution is -2.40. The van der Waals surface area contributed by atoms with Crippen LogP contribution in [-0.2, 0) is 9.59 Å². The van der Waals surface area contributed by atoms with Crippen LogP contribution in [0.25, 0.3) is 0 Å². The molecule has 0 spiro atoms. The van der Waals surface area contributed by atoms with Crippen LogP contribution in [0.4, 0.5) is 5.69 Å². The molecular weight excluding hydrogens is 378 g/mol. The molecule has 0 saturated carbocycles. The van der Waals surface area contributed by atoms with Gasteiger partial charge in [0.05, 0.1) is 0 Å². The first-order valence-corrected chi connectivity index (χ1v) is 9.34. The number of carbonyl (C=O) groups is 2. The topological polar surface area (TPSA) is 37.4 Å². The number of allylic oxidation sites excluding steroid dienone is 2. The van der Waals surface area contributed by atoms with Crippen LogP contribution >= 0.6 is 15.9 Å². The van der Waals surface area contributed by atoms with Crippen molar-refractivity contribution in [1.29, 1.82) is 0 Å². The fraction of sp³-hybridized carbons (Fsp3) is 0.238. The number of rotatable bonds is 2. The Morgan fingerprint density at radius 2 is 1.64 bits per heavy atom. The summed E-state index contributed by atoms with van der Waals surface area (Å²) in [5.41, 5.74) is 3.61. The van der Waals surface area contributed by atoms with Crippen molar-refractivity contribution in [2.45, 2.75) is 31.6 Å². The van der Waals surface area contributed by atoms with Crippen molar-refractivity contribution in [1.82, 2.24) is 0 Å². The number of hydrogen-bond donors (Lipinski definition) is 0. The molecule has 1 heterocycles. The lowest BCUT2D eigenvalue weighted by molar-refractivity contribution is -0.119. The highest BCUT2D eigenvalue weighted by Crippen LogP contribution is 2.43. The van der Waals surface area contributed by atoms with Crippen molar-refractivity contribution in [3.05, 3.63) is 75.9 Å². The molecule has 0 radical (unpaired) electrons. The summed E-state index contributed by atoms with van der Waals surface area (Å²) in [6, 6.07) is 17.6. The lowest BCUT2D eigenvalue weighted by atomic mass is 9.77. The van der Waals surface area contributed by atoms with Gasteiger partial charge in [-0.3, -0.25) is 14.5 Å². The third kappa shape index (κ3) is 2.95. The second kappa shape index (κ2) is 6.60. The highest BCUT2D eigenvalue weighted by molar-refractivity contribution is 9.10. The van der Waals surface area contributed by atoms with E-state index in [1.54, 1.807) is 4.90 Å². The molecule has 0 saturated heterocycles. The van der Waals surface area contributed by atoms with E-state index in [9.17, 15) is 9.59 Å². The zero-order valence-electron chi connectivity index (χ0n) is 13.7. The van der Waals surface area contributed by atoms with Gasteiger partial charge in [0, 0.05) is 40.2 Å². The van der Waals surface area contributed by atoms with Crippen LogP contribution in [0.5, 0.6) is 0 Å². The zero-order valence-corrected chi connectivity index (χ0v) is 15.3. The normalized spacial score (nSPS) is 20.7. The van der Waals surface area contributed by atoms with Gasteiger partial charge in [-0.1, -0.05) is 46.3 Å². The molecule has 0 bridgehead atoms. The van der Waals surface area contributed by atoms with Crippen LogP contribution in [-0.4, -0.2) is 11.7 Å². The highest BCUT2D eigenvalue weighted by atomic mass is 79.9. The monoisotopic (exact) mass is 395 g/mol. The minimum Gasteiger partial charge on any atom is -0.294 e. The number of hydrogen-bond acceptors (Lipinski definition) is 2. The van der Waals surface area contributed by atoms with E-state index in [2.05, 4.69) is 15.9 Å². The van der Waals surface area contributed by atoms with Crippen LogP contribution in [0, 0.1) is 0 Å². The number of benzene rings is 2. The maximum atomic E-state index is 13.0. The number of nitrogens with zero attached hydrogens (tertiary/aromatic N) is 1. The number of carbonyl (C=O) groups excluding carboxylic acids is 2. The Balaban J connectivity index is 1.85. The summed E-state index contributed by atoms with van der Waals surface area (Å²) in [6.07, 6.45) is 2.49. The van der Waals surface area contributed by atoms with Crippen LogP contribution in [0.15, 0.2) is 70.3 Å². The van der Waals surface area contributed by atoms with Gasteiger partial charge in [-0.25, -0.2) is 0 Å². The van der Waals surface area contributed by atoms with E-state index in [1.165, 1.54) is 0 Å². The maximum absolute atomic E-state index is 13.0.